The predicted molar refractivity (Wildman–Crippen MR) is 59.4 cm³/mol. The van der Waals surface area contributed by atoms with E-state index >= 15 is 0 Å². The summed E-state index contributed by atoms with van der Waals surface area (Å²) in [7, 11) is 0. The molecular weight excluding hydrogens is 210 g/mol. The second-order valence-electron chi connectivity index (χ2n) is 5.04. The van der Waals surface area contributed by atoms with E-state index in [-0.39, 0.29) is 12.1 Å². The van der Waals surface area contributed by atoms with E-state index in [0.717, 1.165) is 6.61 Å². The molecule has 1 saturated heterocycles. The molecule has 5 nitrogen and oxygen atoms in total. The minimum atomic E-state index is -0.466. The molecule has 0 aromatic carbocycles. The van der Waals surface area contributed by atoms with Crippen LogP contribution in [0.15, 0.2) is 0 Å². The molecule has 0 aromatic heterocycles. The van der Waals surface area contributed by atoms with Crippen molar-refractivity contribution >= 4 is 6.09 Å². The van der Waals surface area contributed by atoms with Crippen molar-refractivity contribution in [2.75, 3.05) is 19.8 Å². The molecule has 5 heteroatoms. The number of alkyl carbamates (subject to hydrolysis) is 1. The molecule has 1 aliphatic heterocycles. The van der Waals surface area contributed by atoms with Crippen LogP contribution in [-0.4, -0.2) is 43.7 Å². The van der Waals surface area contributed by atoms with Gasteiger partial charge in [-0.3, -0.25) is 0 Å². The Balaban J connectivity index is 2.07. The molecule has 1 heterocycles. The van der Waals surface area contributed by atoms with Crippen molar-refractivity contribution in [3.05, 3.63) is 0 Å². The first kappa shape index (κ1) is 13.3. The van der Waals surface area contributed by atoms with Crippen LogP contribution in [0.1, 0.15) is 27.7 Å². The van der Waals surface area contributed by atoms with Gasteiger partial charge in [-0.2, -0.15) is 0 Å². The highest BCUT2D eigenvalue weighted by atomic mass is 16.6. The third kappa shape index (κ3) is 6.63. The lowest BCUT2D eigenvalue weighted by Crippen LogP contribution is -2.40. The fourth-order valence-corrected chi connectivity index (χ4v) is 1.09. The third-order valence-electron chi connectivity index (χ3n) is 1.84. The molecule has 1 rings (SSSR count). The standard InChI is InChI=1S/C11H21NO4/c1-8(5-14-6-9-7-15-9)12-10(13)16-11(2,3)4/h8-9H,5-7H2,1-4H3,(H,12,13)/t8-,9?/m0/s1. The molecular formula is C11H21NO4. The summed E-state index contributed by atoms with van der Waals surface area (Å²) in [5, 5.41) is 2.70. The van der Waals surface area contributed by atoms with Crippen LogP contribution in [-0.2, 0) is 14.2 Å². The van der Waals surface area contributed by atoms with Crippen LogP contribution in [0.5, 0.6) is 0 Å². The Morgan fingerprint density at radius 3 is 2.69 bits per heavy atom. The zero-order valence-corrected chi connectivity index (χ0v) is 10.4. The van der Waals surface area contributed by atoms with E-state index in [9.17, 15) is 4.79 Å². The summed E-state index contributed by atoms with van der Waals surface area (Å²) in [5.41, 5.74) is -0.466. The zero-order valence-electron chi connectivity index (χ0n) is 10.4. The Morgan fingerprint density at radius 1 is 1.56 bits per heavy atom. The fourth-order valence-electron chi connectivity index (χ4n) is 1.09. The Kier molecular flexibility index (Phi) is 4.56. The van der Waals surface area contributed by atoms with Gasteiger partial charge in [0.1, 0.15) is 11.7 Å². The largest absolute Gasteiger partial charge is 0.444 e. The molecule has 1 aliphatic rings. The summed E-state index contributed by atoms with van der Waals surface area (Å²) in [6, 6.07) is -0.0615. The summed E-state index contributed by atoms with van der Waals surface area (Å²) in [6.07, 6.45) is -0.153. The number of ether oxygens (including phenoxy) is 3. The average molecular weight is 231 g/mol. The molecule has 2 atom stereocenters. The molecule has 1 fully saturated rings. The van der Waals surface area contributed by atoms with Crippen LogP contribution in [0.2, 0.25) is 0 Å². The average Bonchev–Trinajstić information content (AvgIpc) is 2.83. The van der Waals surface area contributed by atoms with Gasteiger partial charge in [-0.15, -0.1) is 0 Å². The summed E-state index contributed by atoms with van der Waals surface area (Å²) in [6.45, 7) is 9.22. The van der Waals surface area contributed by atoms with E-state index in [1.54, 1.807) is 0 Å². The van der Waals surface area contributed by atoms with Crippen LogP contribution in [0, 0.1) is 0 Å². The maximum Gasteiger partial charge on any atom is 0.407 e. The van der Waals surface area contributed by atoms with Gasteiger partial charge in [-0.25, -0.2) is 4.79 Å². The Morgan fingerprint density at radius 2 is 2.19 bits per heavy atom. The normalized spacial score (nSPS) is 21.4. The molecule has 0 aliphatic carbocycles. The summed E-state index contributed by atoms with van der Waals surface area (Å²) >= 11 is 0. The van der Waals surface area contributed by atoms with E-state index in [4.69, 9.17) is 14.2 Å². The van der Waals surface area contributed by atoms with Gasteiger partial charge in [0.15, 0.2) is 0 Å². The van der Waals surface area contributed by atoms with E-state index < -0.39 is 11.7 Å². The van der Waals surface area contributed by atoms with Gasteiger partial charge < -0.3 is 19.5 Å². The van der Waals surface area contributed by atoms with E-state index in [1.165, 1.54) is 0 Å². The van der Waals surface area contributed by atoms with Crippen LogP contribution >= 0.6 is 0 Å². The molecule has 0 spiro atoms. The van der Waals surface area contributed by atoms with Crippen LogP contribution in [0.4, 0.5) is 4.79 Å². The lowest BCUT2D eigenvalue weighted by molar-refractivity contribution is 0.0444. The van der Waals surface area contributed by atoms with Crippen molar-refractivity contribution < 1.29 is 19.0 Å². The molecule has 0 radical (unpaired) electrons. The quantitative estimate of drug-likeness (QED) is 0.725. The van der Waals surface area contributed by atoms with Crippen molar-refractivity contribution in [2.24, 2.45) is 0 Å². The Hall–Kier alpha value is -0.810. The zero-order chi connectivity index (χ0) is 12.2. The van der Waals surface area contributed by atoms with Gasteiger partial charge in [-0.1, -0.05) is 0 Å². The first-order chi connectivity index (χ1) is 7.37. The molecule has 1 unspecified atom stereocenters. The number of rotatable bonds is 5. The van der Waals surface area contributed by atoms with Gasteiger partial charge in [0, 0.05) is 0 Å². The predicted octanol–water partition coefficient (Wildman–Crippen LogP) is 1.31. The van der Waals surface area contributed by atoms with Gasteiger partial charge in [0.25, 0.3) is 0 Å². The molecule has 0 aromatic rings. The number of hydrogen-bond acceptors (Lipinski definition) is 4. The van der Waals surface area contributed by atoms with Crippen LogP contribution in [0.3, 0.4) is 0 Å². The molecule has 0 bridgehead atoms. The smallest absolute Gasteiger partial charge is 0.407 e. The SMILES string of the molecule is C[C@@H](COCC1CO1)NC(=O)OC(C)(C)C. The first-order valence-corrected chi connectivity index (χ1v) is 5.55. The minimum Gasteiger partial charge on any atom is -0.444 e. The summed E-state index contributed by atoms with van der Waals surface area (Å²) in [4.78, 5) is 11.4. The van der Waals surface area contributed by atoms with Gasteiger partial charge in [-0.05, 0) is 27.7 Å². The van der Waals surface area contributed by atoms with E-state index in [0.29, 0.717) is 13.2 Å². The van der Waals surface area contributed by atoms with Crippen LogP contribution < -0.4 is 5.32 Å². The lowest BCUT2D eigenvalue weighted by Gasteiger charge is -2.21. The summed E-state index contributed by atoms with van der Waals surface area (Å²) < 4.78 is 15.5. The van der Waals surface area contributed by atoms with Gasteiger partial charge >= 0.3 is 6.09 Å². The lowest BCUT2D eigenvalue weighted by atomic mass is 10.2. The monoisotopic (exact) mass is 231 g/mol. The number of carbonyl (C=O) groups excluding carboxylic acids is 1. The number of amides is 1. The maximum absolute atomic E-state index is 11.4. The second kappa shape index (κ2) is 5.50. The van der Waals surface area contributed by atoms with E-state index in [1.807, 2.05) is 27.7 Å². The van der Waals surface area contributed by atoms with Gasteiger partial charge in [0.05, 0.1) is 25.9 Å². The third-order valence-corrected chi connectivity index (χ3v) is 1.84. The number of carbonyl (C=O) groups is 1. The first-order valence-electron chi connectivity index (χ1n) is 5.55. The van der Waals surface area contributed by atoms with Crippen LogP contribution in [0.25, 0.3) is 0 Å². The number of epoxide rings is 1. The molecule has 94 valence electrons. The van der Waals surface area contributed by atoms with Crippen molar-refractivity contribution in [3.8, 4) is 0 Å². The molecule has 0 saturated carbocycles. The minimum absolute atomic E-state index is 0.0615. The van der Waals surface area contributed by atoms with E-state index in [2.05, 4.69) is 5.32 Å². The molecule has 1 amide bonds. The maximum atomic E-state index is 11.4. The fraction of sp³-hybridized carbons (Fsp3) is 0.909. The van der Waals surface area contributed by atoms with Gasteiger partial charge in [0.2, 0.25) is 0 Å². The Bertz CT molecular complexity index is 233. The highest BCUT2D eigenvalue weighted by Crippen LogP contribution is 2.09. The molecule has 1 N–H and O–H groups in total. The van der Waals surface area contributed by atoms with Crippen molar-refractivity contribution in [2.45, 2.75) is 45.4 Å². The van der Waals surface area contributed by atoms with Crippen molar-refractivity contribution in [1.82, 2.24) is 5.32 Å². The second-order valence-corrected chi connectivity index (χ2v) is 5.04. The van der Waals surface area contributed by atoms with Crippen molar-refractivity contribution in [3.63, 3.8) is 0 Å². The number of nitrogens with one attached hydrogen (secondary N) is 1. The highest BCUT2D eigenvalue weighted by molar-refractivity contribution is 5.68. The highest BCUT2D eigenvalue weighted by Gasteiger charge is 2.23. The van der Waals surface area contributed by atoms with Crippen molar-refractivity contribution in [1.29, 1.82) is 0 Å². The Labute approximate surface area is 96.4 Å². The molecule has 16 heavy (non-hydrogen) atoms. The number of hydrogen-bond donors (Lipinski definition) is 1. The topological polar surface area (TPSA) is 60.1 Å². The summed E-state index contributed by atoms with van der Waals surface area (Å²) in [5.74, 6) is 0.